The van der Waals surface area contributed by atoms with Crippen LogP contribution in [0, 0.1) is 18.7 Å². The molecule has 3 rings (SSSR count). The number of hydrogen-bond donors (Lipinski definition) is 1. The largest absolute Gasteiger partial charge is 0.481 e. The molecule has 0 aliphatic carbocycles. The van der Waals surface area contributed by atoms with Gasteiger partial charge in [0.05, 0.1) is 17.4 Å². The Hall–Kier alpha value is -2.69. The highest BCUT2D eigenvalue weighted by atomic mass is 19.1. The summed E-state index contributed by atoms with van der Waals surface area (Å²) in [6.45, 7) is 3.67. The van der Waals surface area contributed by atoms with Crippen LogP contribution in [0.25, 0.3) is 0 Å². The molecule has 118 valence electrons. The van der Waals surface area contributed by atoms with Crippen molar-refractivity contribution in [1.82, 2.24) is 0 Å². The van der Waals surface area contributed by atoms with Crippen LogP contribution in [-0.4, -0.2) is 16.8 Å². The molecule has 0 radical (unpaired) electrons. The molecule has 2 aromatic carbocycles. The standard InChI is InChI=1S/C18H17FN2O2/c1-11-5-3-4-6-15(11)21-17(13-7-9-14(19)10-8-13)16(18(22)23)12(2)20-21/h3-10,16-17H,1-2H3,(H,22,23). The highest BCUT2D eigenvalue weighted by Crippen LogP contribution is 2.40. The fraction of sp³-hybridized carbons (Fsp3) is 0.222. The lowest BCUT2D eigenvalue weighted by Gasteiger charge is -2.28. The molecular weight excluding hydrogens is 295 g/mol. The Balaban J connectivity index is 2.11. The minimum absolute atomic E-state index is 0.348. The molecule has 5 heteroatoms. The van der Waals surface area contributed by atoms with E-state index in [1.165, 1.54) is 12.1 Å². The fourth-order valence-corrected chi connectivity index (χ4v) is 3.00. The van der Waals surface area contributed by atoms with Crippen LogP contribution in [0.3, 0.4) is 0 Å². The summed E-state index contributed by atoms with van der Waals surface area (Å²) in [6.07, 6.45) is 0. The number of nitrogens with zero attached hydrogens (tertiary/aromatic N) is 2. The summed E-state index contributed by atoms with van der Waals surface area (Å²) in [5.41, 5.74) is 3.12. The number of carboxylic acids is 1. The van der Waals surface area contributed by atoms with Gasteiger partial charge in [0.1, 0.15) is 11.7 Å². The molecule has 2 unspecified atom stereocenters. The summed E-state index contributed by atoms with van der Waals surface area (Å²) in [5, 5.41) is 15.8. The van der Waals surface area contributed by atoms with Gasteiger partial charge in [-0.3, -0.25) is 9.80 Å². The fourth-order valence-electron chi connectivity index (χ4n) is 3.00. The summed E-state index contributed by atoms with van der Waals surface area (Å²) in [5.74, 6) is -2.05. The number of carboxylic acid groups (broad SMARTS) is 1. The van der Waals surface area contributed by atoms with Crippen LogP contribution in [0.4, 0.5) is 10.1 Å². The molecule has 0 saturated heterocycles. The van der Waals surface area contributed by atoms with Crippen molar-refractivity contribution in [3.05, 3.63) is 65.5 Å². The van der Waals surface area contributed by atoms with Gasteiger partial charge in [0.25, 0.3) is 0 Å². The molecule has 2 aromatic rings. The van der Waals surface area contributed by atoms with Gasteiger partial charge < -0.3 is 5.11 Å². The Bertz CT molecular complexity index is 771. The molecule has 1 N–H and O–H groups in total. The number of aliphatic carboxylic acids is 1. The number of carbonyl (C=O) groups is 1. The van der Waals surface area contributed by atoms with Crippen LogP contribution in [0.1, 0.15) is 24.1 Å². The number of hydrogen-bond acceptors (Lipinski definition) is 3. The van der Waals surface area contributed by atoms with Crippen LogP contribution in [0.15, 0.2) is 53.6 Å². The highest BCUT2D eigenvalue weighted by molar-refractivity contribution is 6.03. The summed E-state index contributed by atoms with van der Waals surface area (Å²) < 4.78 is 13.2. The molecule has 0 fully saturated rings. The van der Waals surface area contributed by atoms with Crippen molar-refractivity contribution in [2.45, 2.75) is 19.9 Å². The first-order chi connectivity index (χ1) is 11.0. The van der Waals surface area contributed by atoms with Gasteiger partial charge in [-0.15, -0.1) is 0 Å². The SMILES string of the molecule is CC1=NN(c2ccccc2C)C(c2ccc(F)cc2)C1C(=O)O. The quantitative estimate of drug-likeness (QED) is 0.938. The molecule has 0 aromatic heterocycles. The van der Waals surface area contributed by atoms with Crippen molar-refractivity contribution in [3.63, 3.8) is 0 Å². The summed E-state index contributed by atoms with van der Waals surface area (Å²) in [7, 11) is 0. The van der Waals surface area contributed by atoms with Crippen LogP contribution in [0.5, 0.6) is 0 Å². The van der Waals surface area contributed by atoms with Gasteiger partial charge in [-0.25, -0.2) is 4.39 Å². The number of para-hydroxylation sites is 1. The summed E-state index contributed by atoms with van der Waals surface area (Å²) in [6, 6.07) is 13.1. The predicted molar refractivity (Wildman–Crippen MR) is 87.0 cm³/mol. The second kappa shape index (κ2) is 5.83. The second-order valence-corrected chi connectivity index (χ2v) is 5.68. The maximum Gasteiger partial charge on any atom is 0.314 e. The van der Waals surface area contributed by atoms with Crippen molar-refractivity contribution >= 4 is 17.4 Å². The van der Waals surface area contributed by atoms with Crippen molar-refractivity contribution in [2.24, 2.45) is 11.0 Å². The molecule has 4 nitrogen and oxygen atoms in total. The average molecular weight is 312 g/mol. The Morgan fingerprint density at radius 2 is 1.78 bits per heavy atom. The predicted octanol–water partition coefficient (Wildman–Crippen LogP) is 3.77. The van der Waals surface area contributed by atoms with Gasteiger partial charge in [-0.05, 0) is 43.2 Å². The third kappa shape index (κ3) is 2.70. The third-order valence-electron chi connectivity index (χ3n) is 4.13. The zero-order valence-corrected chi connectivity index (χ0v) is 12.9. The number of hydrazone groups is 1. The third-order valence-corrected chi connectivity index (χ3v) is 4.13. The Morgan fingerprint density at radius 1 is 1.13 bits per heavy atom. The number of halogens is 1. The molecule has 0 bridgehead atoms. The lowest BCUT2D eigenvalue weighted by molar-refractivity contribution is -0.139. The van der Waals surface area contributed by atoms with E-state index in [0.29, 0.717) is 5.71 Å². The maximum atomic E-state index is 13.2. The topological polar surface area (TPSA) is 52.9 Å². The Labute approximate surface area is 133 Å². The first-order valence-corrected chi connectivity index (χ1v) is 7.37. The van der Waals surface area contributed by atoms with Crippen LogP contribution < -0.4 is 5.01 Å². The van der Waals surface area contributed by atoms with E-state index in [4.69, 9.17) is 0 Å². The normalized spacial score (nSPS) is 20.5. The molecule has 0 saturated carbocycles. The molecule has 1 aliphatic rings. The van der Waals surface area contributed by atoms with E-state index in [9.17, 15) is 14.3 Å². The van der Waals surface area contributed by atoms with Gasteiger partial charge in [-0.1, -0.05) is 30.3 Å². The molecular formula is C18H17FN2O2. The number of aryl methyl sites for hydroxylation is 1. The van der Waals surface area contributed by atoms with E-state index in [0.717, 1.165) is 16.8 Å². The maximum absolute atomic E-state index is 13.2. The Morgan fingerprint density at radius 3 is 2.39 bits per heavy atom. The molecule has 1 heterocycles. The highest BCUT2D eigenvalue weighted by Gasteiger charge is 2.42. The van der Waals surface area contributed by atoms with Crippen molar-refractivity contribution in [1.29, 1.82) is 0 Å². The van der Waals surface area contributed by atoms with Crippen molar-refractivity contribution in [2.75, 3.05) is 5.01 Å². The first kappa shape index (κ1) is 15.2. The zero-order chi connectivity index (χ0) is 16.6. The Kier molecular flexibility index (Phi) is 3.86. The van der Waals surface area contributed by atoms with Gasteiger partial charge in [-0.2, -0.15) is 5.10 Å². The van der Waals surface area contributed by atoms with Gasteiger partial charge in [0.2, 0.25) is 0 Å². The first-order valence-electron chi connectivity index (χ1n) is 7.37. The molecule has 0 spiro atoms. The molecule has 23 heavy (non-hydrogen) atoms. The van der Waals surface area contributed by atoms with Gasteiger partial charge in [0.15, 0.2) is 0 Å². The monoisotopic (exact) mass is 312 g/mol. The number of benzene rings is 2. The number of rotatable bonds is 3. The lowest BCUT2D eigenvalue weighted by Crippen LogP contribution is -2.30. The van der Waals surface area contributed by atoms with Crippen LogP contribution in [-0.2, 0) is 4.79 Å². The van der Waals surface area contributed by atoms with Gasteiger partial charge in [0, 0.05) is 0 Å². The van der Waals surface area contributed by atoms with E-state index in [1.54, 1.807) is 24.1 Å². The summed E-state index contributed by atoms with van der Waals surface area (Å²) in [4.78, 5) is 11.7. The van der Waals surface area contributed by atoms with Crippen LogP contribution in [0.2, 0.25) is 0 Å². The van der Waals surface area contributed by atoms with Crippen molar-refractivity contribution < 1.29 is 14.3 Å². The molecule has 1 aliphatic heterocycles. The van der Waals surface area contributed by atoms with E-state index < -0.39 is 17.9 Å². The van der Waals surface area contributed by atoms with Gasteiger partial charge >= 0.3 is 5.97 Å². The minimum Gasteiger partial charge on any atom is -0.481 e. The summed E-state index contributed by atoms with van der Waals surface area (Å²) >= 11 is 0. The molecule has 0 amide bonds. The second-order valence-electron chi connectivity index (χ2n) is 5.68. The average Bonchev–Trinajstić information content (AvgIpc) is 2.86. The molecule has 2 atom stereocenters. The lowest BCUT2D eigenvalue weighted by atomic mass is 9.90. The smallest absolute Gasteiger partial charge is 0.314 e. The zero-order valence-electron chi connectivity index (χ0n) is 12.9. The van der Waals surface area contributed by atoms with E-state index in [1.807, 2.05) is 31.2 Å². The number of anilines is 1. The van der Waals surface area contributed by atoms with E-state index in [-0.39, 0.29) is 5.82 Å². The van der Waals surface area contributed by atoms with Crippen molar-refractivity contribution in [3.8, 4) is 0 Å². The van der Waals surface area contributed by atoms with E-state index >= 15 is 0 Å². The minimum atomic E-state index is -0.934. The van der Waals surface area contributed by atoms with Crippen LogP contribution >= 0.6 is 0 Å². The van der Waals surface area contributed by atoms with E-state index in [2.05, 4.69) is 5.10 Å².